The molecular weight excluding hydrogens is 258 g/mol. The van der Waals surface area contributed by atoms with E-state index in [-0.39, 0.29) is 12.0 Å². The Balaban J connectivity index is 2.27. The van der Waals surface area contributed by atoms with Gasteiger partial charge in [0, 0.05) is 13.6 Å². The standard InChI is InChI=1S/C15H27NO4/c1-15(2,3)20-14(19)16(4)10-9-11-5-7-12(8-6-11)13(17)18/h11-12H,5-10H2,1-4H3,(H,17,18). The summed E-state index contributed by atoms with van der Waals surface area (Å²) in [7, 11) is 1.75. The molecule has 1 rings (SSSR count). The zero-order valence-corrected chi connectivity index (χ0v) is 13.0. The Hall–Kier alpha value is -1.26. The molecule has 116 valence electrons. The van der Waals surface area contributed by atoms with Crippen LogP contribution in [0.15, 0.2) is 0 Å². The molecule has 1 saturated carbocycles. The number of carboxylic acids is 1. The SMILES string of the molecule is CN(CCC1CCC(C(=O)O)CC1)C(=O)OC(C)(C)C. The van der Waals surface area contributed by atoms with Crippen molar-refractivity contribution in [1.29, 1.82) is 0 Å². The zero-order chi connectivity index (χ0) is 15.3. The Kier molecular flexibility index (Phi) is 5.84. The molecule has 1 aliphatic rings. The molecule has 1 aliphatic carbocycles. The molecule has 1 amide bonds. The predicted octanol–water partition coefficient (Wildman–Crippen LogP) is 3.13. The molecule has 0 radical (unpaired) electrons. The second kappa shape index (κ2) is 6.95. The molecule has 1 fully saturated rings. The Morgan fingerprint density at radius 1 is 1.20 bits per heavy atom. The Morgan fingerprint density at radius 3 is 2.20 bits per heavy atom. The fraction of sp³-hybridized carbons (Fsp3) is 0.867. The van der Waals surface area contributed by atoms with Crippen molar-refractivity contribution in [3.63, 3.8) is 0 Å². The van der Waals surface area contributed by atoms with E-state index in [2.05, 4.69) is 0 Å². The molecule has 0 bridgehead atoms. The quantitative estimate of drug-likeness (QED) is 0.861. The van der Waals surface area contributed by atoms with Crippen LogP contribution in [0.4, 0.5) is 4.79 Å². The summed E-state index contributed by atoms with van der Waals surface area (Å²) in [5.41, 5.74) is -0.467. The summed E-state index contributed by atoms with van der Waals surface area (Å²) >= 11 is 0. The molecule has 0 aromatic carbocycles. The van der Waals surface area contributed by atoms with Crippen LogP contribution in [0.1, 0.15) is 52.9 Å². The average Bonchev–Trinajstić information content (AvgIpc) is 2.34. The van der Waals surface area contributed by atoms with Crippen molar-refractivity contribution in [1.82, 2.24) is 4.90 Å². The van der Waals surface area contributed by atoms with Gasteiger partial charge in [-0.1, -0.05) is 0 Å². The lowest BCUT2D eigenvalue weighted by atomic mass is 9.80. The molecule has 0 atom stereocenters. The minimum atomic E-state index is -0.672. The third-order valence-corrected chi connectivity index (χ3v) is 3.77. The van der Waals surface area contributed by atoms with E-state index in [4.69, 9.17) is 9.84 Å². The molecule has 5 heteroatoms. The lowest BCUT2D eigenvalue weighted by Crippen LogP contribution is -2.35. The summed E-state index contributed by atoms with van der Waals surface area (Å²) in [6.45, 7) is 6.22. The van der Waals surface area contributed by atoms with Gasteiger partial charge in [-0.15, -0.1) is 0 Å². The topological polar surface area (TPSA) is 66.8 Å². The van der Waals surface area contributed by atoms with E-state index >= 15 is 0 Å². The average molecular weight is 285 g/mol. The molecule has 1 N–H and O–H groups in total. The minimum Gasteiger partial charge on any atom is -0.481 e. The monoisotopic (exact) mass is 285 g/mol. The molecule has 0 spiro atoms. The maximum Gasteiger partial charge on any atom is 0.410 e. The van der Waals surface area contributed by atoms with Crippen LogP contribution >= 0.6 is 0 Å². The van der Waals surface area contributed by atoms with E-state index < -0.39 is 11.6 Å². The van der Waals surface area contributed by atoms with Crippen LogP contribution in [0.2, 0.25) is 0 Å². The van der Waals surface area contributed by atoms with E-state index in [0.29, 0.717) is 12.5 Å². The van der Waals surface area contributed by atoms with Gasteiger partial charge in [-0.3, -0.25) is 4.79 Å². The molecule has 0 saturated heterocycles. The predicted molar refractivity (Wildman–Crippen MR) is 76.6 cm³/mol. The normalized spacial score (nSPS) is 23.2. The van der Waals surface area contributed by atoms with Crippen LogP contribution in [0.5, 0.6) is 0 Å². The maximum atomic E-state index is 11.8. The van der Waals surface area contributed by atoms with E-state index in [1.807, 2.05) is 20.8 Å². The summed E-state index contributed by atoms with van der Waals surface area (Å²) in [5, 5.41) is 8.95. The number of carboxylic acid groups (broad SMARTS) is 1. The van der Waals surface area contributed by atoms with Gasteiger partial charge in [0.25, 0.3) is 0 Å². The van der Waals surface area contributed by atoms with Crippen LogP contribution < -0.4 is 0 Å². The first-order valence-corrected chi connectivity index (χ1v) is 7.36. The van der Waals surface area contributed by atoms with Gasteiger partial charge < -0.3 is 14.7 Å². The number of nitrogens with zero attached hydrogens (tertiary/aromatic N) is 1. The summed E-state index contributed by atoms with van der Waals surface area (Å²) in [4.78, 5) is 24.3. The third-order valence-electron chi connectivity index (χ3n) is 3.77. The first-order chi connectivity index (χ1) is 9.19. The maximum absolute atomic E-state index is 11.8. The van der Waals surface area contributed by atoms with Gasteiger partial charge in [0.15, 0.2) is 0 Å². The number of hydrogen-bond donors (Lipinski definition) is 1. The van der Waals surface area contributed by atoms with Crippen molar-refractivity contribution in [3.8, 4) is 0 Å². The van der Waals surface area contributed by atoms with E-state index in [0.717, 1.165) is 32.1 Å². The summed E-state index contributed by atoms with van der Waals surface area (Å²) in [6, 6.07) is 0. The first kappa shape index (κ1) is 16.8. The summed E-state index contributed by atoms with van der Waals surface area (Å²) in [5.74, 6) is -0.320. The van der Waals surface area contributed by atoms with Crippen LogP contribution in [-0.2, 0) is 9.53 Å². The fourth-order valence-corrected chi connectivity index (χ4v) is 2.51. The highest BCUT2D eigenvalue weighted by Gasteiger charge is 2.26. The molecule has 0 heterocycles. The van der Waals surface area contributed by atoms with E-state index in [9.17, 15) is 9.59 Å². The van der Waals surface area contributed by atoms with Gasteiger partial charge in [-0.05, 0) is 58.8 Å². The third kappa shape index (κ3) is 5.80. The minimum absolute atomic E-state index is 0.171. The number of rotatable bonds is 4. The summed E-state index contributed by atoms with van der Waals surface area (Å²) < 4.78 is 5.30. The van der Waals surface area contributed by atoms with E-state index in [1.54, 1.807) is 11.9 Å². The number of aliphatic carboxylic acids is 1. The lowest BCUT2D eigenvalue weighted by molar-refractivity contribution is -0.143. The molecular formula is C15H27NO4. The fourth-order valence-electron chi connectivity index (χ4n) is 2.51. The highest BCUT2D eigenvalue weighted by molar-refractivity contribution is 5.70. The van der Waals surface area contributed by atoms with Crippen molar-refractivity contribution in [3.05, 3.63) is 0 Å². The van der Waals surface area contributed by atoms with Crippen LogP contribution in [-0.4, -0.2) is 41.3 Å². The lowest BCUT2D eigenvalue weighted by Gasteiger charge is -2.29. The molecule has 0 unspecified atom stereocenters. The Morgan fingerprint density at radius 2 is 1.75 bits per heavy atom. The van der Waals surface area contributed by atoms with E-state index in [1.165, 1.54) is 0 Å². The number of hydrogen-bond acceptors (Lipinski definition) is 3. The Bertz CT molecular complexity index is 340. The number of carbonyl (C=O) groups is 2. The molecule has 20 heavy (non-hydrogen) atoms. The van der Waals surface area contributed by atoms with Crippen LogP contribution in [0.25, 0.3) is 0 Å². The van der Waals surface area contributed by atoms with Crippen molar-refractivity contribution in [2.45, 2.75) is 58.5 Å². The zero-order valence-electron chi connectivity index (χ0n) is 13.0. The van der Waals surface area contributed by atoms with Gasteiger partial charge in [0.2, 0.25) is 0 Å². The first-order valence-electron chi connectivity index (χ1n) is 7.36. The van der Waals surface area contributed by atoms with Gasteiger partial charge in [-0.25, -0.2) is 4.79 Å². The van der Waals surface area contributed by atoms with Gasteiger partial charge in [0.1, 0.15) is 5.60 Å². The molecule has 5 nitrogen and oxygen atoms in total. The second-order valence-corrected chi connectivity index (χ2v) is 6.75. The van der Waals surface area contributed by atoms with Gasteiger partial charge >= 0.3 is 12.1 Å². The Labute approximate surface area is 121 Å². The van der Waals surface area contributed by atoms with Crippen molar-refractivity contribution < 1.29 is 19.4 Å². The number of ether oxygens (including phenoxy) is 1. The van der Waals surface area contributed by atoms with Crippen LogP contribution in [0, 0.1) is 11.8 Å². The molecule has 0 aromatic heterocycles. The van der Waals surface area contributed by atoms with Crippen molar-refractivity contribution >= 4 is 12.1 Å². The summed E-state index contributed by atoms with van der Waals surface area (Å²) in [6.07, 6.45) is 4.03. The molecule has 0 aliphatic heterocycles. The largest absolute Gasteiger partial charge is 0.481 e. The number of amides is 1. The second-order valence-electron chi connectivity index (χ2n) is 6.75. The smallest absolute Gasteiger partial charge is 0.410 e. The highest BCUT2D eigenvalue weighted by atomic mass is 16.6. The van der Waals surface area contributed by atoms with Crippen molar-refractivity contribution in [2.75, 3.05) is 13.6 Å². The van der Waals surface area contributed by atoms with Gasteiger partial charge in [0.05, 0.1) is 5.92 Å². The van der Waals surface area contributed by atoms with Gasteiger partial charge in [-0.2, -0.15) is 0 Å². The number of carbonyl (C=O) groups excluding carboxylic acids is 1. The van der Waals surface area contributed by atoms with Crippen molar-refractivity contribution in [2.24, 2.45) is 11.8 Å². The van der Waals surface area contributed by atoms with Crippen LogP contribution in [0.3, 0.4) is 0 Å². The highest BCUT2D eigenvalue weighted by Crippen LogP contribution is 2.31. The molecule has 0 aromatic rings.